The van der Waals surface area contributed by atoms with E-state index in [-0.39, 0.29) is 0 Å². The molecule has 4 nitrogen and oxygen atoms in total. The third-order valence-electron chi connectivity index (χ3n) is 5.16. The molecule has 0 bridgehead atoms. The van der Waals surface area contributed by atoms with Crippen molar-refractivity contribution in [2.45, 2.75) is 39.8 Å². The van der Waals surface area contributed by atoms with Gasteiger partial charge < -0.3 is 14.4 Å². The molecular formula is C19H32N2O2S. The van der Waals surface area contributed by atoms with Crippen LogP contribution in [0.5, 0.6) is 0 Å². The van der Waals surface area contributed by atoms with Gasteiger partial charge in [-0.3, -0.25) is 4.90 Å². The Morgan fingerprint density at radius 3 is 2.62 bits per heavy atom. The summed E-state index contributed by atoms with van der Waals surface area (Å²) in [6, 6.07) is 0. The third kappa shape index (κ3) is 4.37. The Kier molecular flexibility index (Phi) is 6.30. The third-order valence-corrected chi connectivity index (χ3v) is 6.09. The fraction of sp³-hybridized carbons (Fsp3) is 0.789. The number of ether oxygens (including phenoxy) is 2. The van der Waals surface area contributed by atoms with Crippen LogP contribution in [0.25, 0.3) is 0 Å². The maximum Gasteiger partial charge on any atom is 0.102 e. The van der Waals surface area contributed by atoms with E-state index in [1.165, 1.54) is 23.4 Å². The Balaban J connectivity index is 1.67. The van der Waals surface area contributed by atoms with Gasteiger partial charge in [0.15, 0.2) is 0 Å². The second-order valence-electron chi connectivity index (χ2n) is 7.49. The van der Waals surface area contributed by atoms with Crippen LogP contribution in [0.3, 0.4) is 0 Å². The van der Waals surface area contributed by atoms with Gasteiger partial charge in [-0.15, -0.1) is 11.8 Å². The van der Waals surface area contributed by atoms with E-state index in [1.54, 1.807) is 0 Å². The van der Waals surface area contributed by atoms with Crippen molar-refractivity contribution in [2.24, 2.45) is 5.41 Å². The lowest BCUT2D eigenvalue weighted by Gasteiger charge is -2.44. The summed E-state index contributed by atoms with van der Waals surface area (Å²) in [5.74, 6) is 1.12. The van der Waals surface area contributed by atoms with Gasteiger partial charge in [-0.25, -0.2) is 0 Å². The second kappa shape index (κ2) is 8.26. The minimum absolute atomic E-state index is 0.387. The maximum atomic E-state index is 5.56. The van der Waals surface area contributed by atoms with E-state index in [1.807, 2.05) is 11.8 Å². The van der Waals surface area contributed by atoms with Gasteiger partial charge in [0, 0.05) is 25.0 Å². The minimum atomic E-state index is 0.387. The Morgan fingerprint density at radius 2 is 2.00 bits per heavy atom. The van der Waals surface area contributed by atoms with Crippen molar-refractivity contribution in [3.8, 4) is 0 Å². The highest BCUT2D eigenvalue weighted by molar-refractivity contribution is 8.02. The standard InChI is InChI=1S/C19H32N2O2S/c1-4-24-18-13-16(2)12-17(20-8-10-22-11-9-20)21(18)7-5-6-19(3)14-23-15-19/h12-13,17H,4-11,14-15H2,1-3H3. The van der Waals surface area contributed by atoms with Gasteiger partial charge in [-0.05, 0) is 43.2 Å². The van der Waals surface area contributed by atoms with E-state index in [2.05, 4.69) is 42.7 Å². The molecule has 3 aliphatic heterocycles. The van der Waals surface area contributed by atoms with Crippen molar-refractivity contribution < 1.29 is 9.47 Å². The lowest BCUT2D eigenvalue weighted by Crippen LogP contribution is -2.52. The molecule has 136 valence electrons. The monoisotopic (exact) mass is 352 g/mol. The first-order chi connectivity index (χ1) is 11.6. The lowest BCUT2D eigenvalue weighted by molar-refractivity contribution is -0.107. The number of morpholine rings is 1. The van der Waals surface area contributed by atoms with Gasteiger partial charge in [0.1, 0.15) is 6.17 Å². The molecule has 1 atom stereocenters. The first kappa shape index (κ1) is 18.3. The zero-order valence-electron chi connectivity index (χ0n) is 15.4. The number of thioether (sulfide) groups is 1. The molecular weight excluding hydrogens is 320 g/mol. The first-order valence-corrected chi connectivity index (χ1v) is 10.3. The van der Waals surface area contributed by atoms with E-state index < -0.39 is 0 Å². The van der Waals surface area contributed by atoms with Gasteiger partial charge in [0.25, 0.3) is 0 Å². The summed E-state index contributed by atoms with van der Waals surface area (Å²) in [6.07, 6.45) is 7.66. The highest BCUT2D eigenvalue weighted by Crippen LogP contribution is 2.34. The summed E-state index contributed by atoms with van der Waals surface area (Å²) >= 11 is 1.97. The van der Waals surface area contributed by atoms with Crippen molar-refractivity contribution in [2.75, 3.05) is 51.8 Å². The molecule has 0 N–H and O–H groups in total. The van der Waals surface area contributed by atoms with Crippen molar-refractivity contribution >= 4 is 11.8 Å². The van der Waals surface area contributed by atoms with Crippen LogP contribution < -0.4 is 0 Å². The summed E-state index contributed by atoms with van der Waals surface area (Å²) in [5, 5.41) is 1.43. The topological polar surface area (TPSA) is 24.9 Å². The number of allylic oxidation sites excluding steroid dienone is 2. The molecule has 3 rings (SSSR count). The van der Waals surface area contributed by atoms with Gasteiger partial charge in [-0.2, -0.15) is 0 Å². The van der Waals surface area contributed by atoms with Gasteiger partial charge in [0.2, 0.25) is 0 Å². The Hall–Kier alpha value is -0.490. The van der Waals surface area contributed by atoms with Crippen LogP contribution in [0.1, 0.15) is 33.6 Å². The predicted molar refractivity (Wildman–Crippen MR) is 101 cm³/mol. The molecule has 0 amide bonds. The Morgan fingerprint density at radius 1 is 1.25 bits per heavy atom. The maximum absolute atomic E-state index is 5.56. The summed E-state index contributed by atoms with van der Waals surface area (Å²) < 4.78 is 11.0. The SMILES string of the molecule is CCSC1=CC(C)=CC(N2CCOCC2)N1CCCC1(C)COC1. The number of rotatable bonds is 7. The molecule has 0 aromatic carbocycles. The molecule has 3 heterocycles. The molecule has 0 aromatic rings. The van der Waals surface area contributed by atoms with Crippen LogP contribution >= 0.6 is 11.8 Å². The molecule has 0 aliphatic carbocycles. The lowest BCUT2D eigenvalue weighted by atomic mass is 9.83. The van der Waals surface area contributed by atoms with E-state index in [0.29, 0.717) is 11.6 Å². The summed E-state index contributed by atoms with van der Waals surface area (Å²) in [5.41, 5.74) is 1.80. The molecule has 0 aromatic heterocycles. The average molecular weight is 353 g/mol. The minimum Gasteiger partial charge on any atom is -0.380 e. The van der Waals surface area contributed by atoms with Crippen LogP contribution in [-0.2, 0) is 9.47 Å². The molecule has 3 aliphatic rings. The molecule has 1 unspecified atom stereocenters. The number of nitrogens with zero attached hydrogens (tertiary/aromatic N) is 2. The number of hydrogen-bond acceptors (Lipinski definition) is 5. The normalized spacial score (nSPS) is 27.5. The molecule has 0 saturated carbocycles. The van der Waals surface area contributed by atoms with Gasteiger partial charge in [0.05, 0.1) is 31.5 Å². The van der Waals surface area contributed by atoms with E-state index in [9.17, 15) is 0 Å². The summed E-state index contributed by atoms with van der Waals surface area (Å²) in [4.78, 5) is 5.19. The second-order valence-corrected chi connectivity index (χ2v) is 8.77. The Bertz CT molecular complexity index is 482. The predicted octanol–water partition coefficient (Wildman–Crippen LogP) is 3.32. The van der Waals surface area contributed by atoms with Crippen LogP contribution in [0.2, 0.25) is 0 Å². The molecule has 24 heavy (non-hydrogen) atoms. The smallest absolute Gasteiger partial charge is 0.102 e. The Labute approximate surface area is 151 Å². The number of hydrogen-bond donors (Lipinski definition) is 0. The van der Waals surface area contributed by atoms with Gasteiger partial charge in [-0.1, -0.05) is 13.8 Å². The largest absolute Gasteiger partial charge is 0.380 e. The highest BCUT2D eigenvalue weighted by Gasteiger charge is 2.34. The van der Waals surface area contributed by atoms with Crippen molar-refractivity contribution in [3.05, 3.63) is 22.8 Å². The van der Waals surface area contributed by atoms with Crippen LogP contribution in [-0.4, -0.2) is 67.8 Å². The molecule has 0 radical (unpaired) electrons. The summed E-state index contributed by atoms with van der Waals surface area (Å²) in [6.45, 7) is 13.6. The molecule has 2 fully saturated rings. The van der Waals surface area contributed by atoms with Crippen molar-refractivity contribution in [3.63, 3.8) is 0 Å². The van der Waals surface area contributed by atoms with Crippen LogP contribution in [0.15, 0.2) is 22.8 Å². The van der Waals surface area contributed by atoms with Crippen LogP contribution in [0, 0.1) is 5.41 Å². The summed E-state index contributed by atoms with van der Waals surface area (Å²) in [7, 11) is 0. The van der Waals surface area contributed by atoms with E-state index >= 15 is 0 Å². The quantitative estimate of drug-likeness (QED) is 0.700. The first-order valence-electron chi connectivity index (χ1n) is 9.30. The fourth-order valence-electron chi connectivity index (χ4n) is 3.71. The van der Waals surface area contributed by atoms with E-state index in [4.69, 9.17) is 9.47 Å². The molecule has 2 saturated heterocycles. The van der Waals surface area contributed by atoms with Crippen LogP contribution in [0.4, 0.5) is 0 Å². The van der Waals surface area contributed by atoms with E-state index in [0.717, 1.165) is 51.8 Å². The zero-order valence-corrected chi connectivity index (χ0v) is 16.2. The van der Waals surface area contributed by atoms with Crippen molar-refractivity contribution in [1.82, 2.24) is 9.80 Å². The highest BCUT2D eigenvalue weighted by atomic mass is 32.2. The zero-order chi connectivity index (χ0) is 17.0. The average Bonchev–Trinajstić information content (AvgIpc) is 2.56. The fourth-order valence-corrected chi connectivity index (χ4v) is 4.64. The molecule has 5 heteroatoms. The van der Waals surface area contributed by atoms with Gasteiger partial charge >= 0.3 is 0 Å². The molecule has 0 spiro atoms. The van der Waals surface area contributed by atoms with Crippen molar-refractivity contribution in [1.29, 1.82) is 0 Å².